The molecular formula is C11H18ClN3S. The van der Waals surface area contributed by atoms with E-state index in [1.54, 1.807) is 11.3 Å². The van der Waals surface area contributed by atoms with Crippen LogP contribution in [0.3, 0.4) is 0 Å². The second kappa shape index (κ2) is 5.45. The molecule has 1 atom stereocenters. The van der Waals surface area contributed by atoms with Crippen LogP contribution in [0.15, 0.2) is 6.20 Å². The van der Waals surface area contributed by atoms with Crippen LogP contribution in [-0.4, -0.2) is 48.0 Å². The minimum atomic E-state index is 0.643. The highest BCUT2D eigenvalue weighted by atomic mass is 35.5. The normalized spacial score (nSPS) is 22.9. The summed E-state index contributed by atoms with van der Waals surface area (Å²) in [6, 6.07) is 0.666. The first-order valence-electron chi connectivity index (χ1n) is 5.64. The lowest BCUT2D eigenvalue weighted by molar-refractivity contribution is 0.130. The van der Waals surface area contributed by atoms with Gasteiger partial charge in [-0.15, -0.1) is 11.3 Å². The molecule has 0 amide bonds. The maximum Gasteiger partial charge on any atom is 0.183 e. The Morgan fingerprint density at radius 3 is 3.12 bits per heavy atom. The molecule has 0 radical (unpaired) electrons. The highest BCUT2D eigenvalue weighted by molar-refractivity contribution is 7.15. The molecule has 1 aromatic heterocycles. The summed E-state index contributed by atoms with van der Waals surface area (Å²) in [6.07, 6.45) is 4.48. The van der Waals surface area contributed by atoms with Gasteiger partial charge in [0.1, 0.15) is 0 Å². The van der Waals surface area contributed by atoms with Crippen molar-refractivity contribution in [1.82, 2.24) is 14.8 Å². The van der Waals surface area contributed by atoms with E-state index in [-0.39, 0.29) is 0 Å². The van der Waals surface area contributed by atoms with Crippen molar-refractivity contribution in [2.45, 2.75) is 25.4 Å². The Morgan fingerprint density at radius 2 is 2.50 bits per heavy atom. The molecule has 90 valence electrons. The first-order valence-corrected chi connectivity index (χ1v) is 6.83. The van der Waals surface area contributed by atoms with Crippen molar-refractivity contribution in [3.05, 3.63) is 15.5 Å². The Hall–Kier alpha value is -0.160. The summed E-state index contributed by atoms with van der Waals surface area (Å²) in [4.78, 5) is 10.2. The van der Waals surface area contributed by atoms with Gasteiger partial charge in [-0.2, -0.15) is 0 Å². The van der Waals surface area contributed by atoms with Gasteiger partial charge in [-0.05, 0) is 33.5 Å². The third-order valence-corrected chi connectivity index (χ3v) is 4.25. The Balaban J connectivity index is 1.89. The van der Waals surface area contributed by atoms with Gasteiger partial charge >= 0.3 is 0 Å². The number of halogens is 1. The lowest BCUT2D eigenvalue weighted by atomic mass is 10.1. The zero-order chi connectivity index (χ0) is 11.5. The fourth-order valence-electron chi connectivity index (χ4n) is 2.23. The highest BCUT2D eigenvalue weighted by Gasteiger charge is 2.21. The average Bonchev–Trinajstić information content (AvgIpc) is 2.64. The molecule has 3 nitrogen and oxygen atoms in total. The van der Waals surface area contributed by atoms with E-state index < -0.39 is 0 Å². The van der Waals surface area contributed by atoms with Gasteiger partial charge in [0.05, 0.1) is 0 Å². The molecule has 1 saturated heterocycles. The van der Waals surface area contributed by atoms with Crippen molar-refractivity contribution in [2.75, 3.05) is 27.2 Å². The minimum absolute atomic E-state index is 0.643. The second-order valence-electron chi connectivity index (χ2n) is 4.55. The van der Waals surface area contributed by atoms with Crippen LogP contribution in [-0.2, 0) is 6.54 Å². The summed E-state index contributed by atoms with van der Waals surface area (Å²) in [5.41, 5.74) is 0. The van der Waals surface area contributed by atoms with Crippen LogP contribution in [0.2, 0.25) is 4.47 Å². The molecule has 0 aromatic carbocycles. The van der Waals surface area contributed by atoms with Crippen LogP contribution in [0.5, 0.6) is 0 Å². The molecule has 0 bridgehead atoms. The SMILES string of the molecule is CN1CCCC(N(C)Cc2cnc(Cl)s2)C1. The maximum atomic E-state index is 5.83. The molecule has 16 heavy (non-hydrogen) atoms. The van der Waals surface area contributed by atoms with Crippen LogP contribution in [0, 0.1) is 0 Å². The fraction of sp³-hybridized carbons (Fsp3) is 0.727. The number of thiazole rings is 1. The number of aromatic nitrogens is 1. The van der Waals surface area contributed by atoms with Crippen LogP contribution >= 0.6 is 22.9 Å². The second-order valence-corrected chi connectivity index (χ2v) is 6.25. The Labute approximate surface area is 106 Å². The number of likely N-dealkylation sites (N-methyl/N-ethyl adjacent to an activating group) is 2. The van der Waals surface area contributed by atoms with Gasteiger partial charge in [-0.3, -0.25) is 4.90 Å². The zero-order valence-electron chi connectivity index (χ0n) is 9.82. The van der Waals surface area contributed by atoms with E-state index in [1.807, 2.05) is 6.20 Å². The minimum Gasteiger partial charge on any atom is -0.305 e. The van der Waals surface area contributed by atoms with E-state index in [2.05, 4.69) is 28.9 Å². The lowest BCUT2D eigenvalue weighted by Crippen LogP contribution is -2.44. The van der Waals surface area contributed by atoms with Gasteiger partial charge < -0.3 is 4.90 Å². The van der Waals surface area contributed by atoms with Crippen LogP contribution in [0.1, 0.15) is 17.7 Å². The Bertz CT molecular complexity index is 342. The molecule has 0 spiro atoms. The van der Waals surface area contributed by atoms with Gasteiger partial charge in [-0.1, -0.05) is 11.6 Å². The molecule has 1 unspecified atom stereocenters. The van der Waals surface area contributed by atoms with Crippen molar-refractivity contribution >= 4 is 22.9 Å². The largest absolute Gasteiger partial charge is 0.305 e. The quantitative estimate of drug-likeness (QED) is 0.831. The summed E-state index contributed by atoms with van der Waals surface area (Å²) in [5, 5.41) is 0. The zero-order valence-corrected chi connectivity index (χ0v) is 11.4. The highest BCUT2D eigenvalue weighted by Crippen LogP contribution is 2.21. The van der Waals surface area contributed by atoms with Gasteiger partial charge in [-0.25, -0.2) is 4.98 Å². The van der Waals surface area contributed by atoms with Crippen molar-refractivity contribution in [2.24, 2.45) is 0 Å². The predicted molar refractivity (Wildman–Crippen MR) is 69.1 cm³/mol. The molecular weight excluding hydrogens is 242 g/mol. The summed E-state index contributed by atoms with van der Waals surface area (Å²) < 4.78 is 0.643. The van der Waals surface area contributed by atoms with Gasteiger partial charge in [0.15, 0.2) is 4.47 Å². The third kappa shape index (κ3) is 3.17. The fourth-order valence-corrected chi connectivity index (χ4v) is 3.27. The molecule has 0 aliphatic carbocycles. The van der Waals surface area contributed by atoms with Crippen LogP contribution in [0.4, 0.5) is 0 Å². The molecule has 5 heteroatoms. The molecule has 0 saturated carbocycles. The van der Waals surface area contributed by atoms with E-state index in [1.165, 1.54) is 30.8 Å². The van der Waals surface area contributed by atoms with E-state index in [9.17, 15) is 0 Å². The topological polar surface area (TPSA) is 19.4 Å². The Kier molecular flexibility index (Phi) is 4.19. The summed E-state index contributed by atoms with van der Waals surface area (Å²) in [6.45, 7) is 3.36. The van der Waals surface area contributed by atoms with Crippen molar-refractivity contribution in [3.63, 3.8) is 0 Å². The van der Waals surface area contributed by atoms with Crippen LogP contribution < -0.4 is 0 Å². The first kappa shape index (κ1) is 12.3. The number of hydrogen-bond acceptors (Lipinski definition) is 4. The van der Waals surface area contributed by atoms with Crippen molar-refractivity contribution < 1.29 is 0 Å². The summed E-state index contributed by atoms with van der Waals surface area (Å²) in [5.74, 6) is 0. The maximum absolute atomic E-state index is 5.83. The standard InChI is InChI=1S/C11H18ClN3S/c1-14-5-3-4-9(7-14)15(2)8-10-6-13-11(12)16-10/h6,9H,3-5,7-8H2,1-2H3. The molecule has 0 N–H and O–H groups in total. The van der Waals surface area contributed by atoms with Gasteiger partial charge in [0.25, 0.3) is 0 Å². The van der Waals surface area contributed by atoms with Crippen molar-refractivity contribution in [3.8, 4) is 0 Å². The van der Waals surface area contributed by atoms with E-state index in [0.29, 0.717) is 10.5 Å². The lowest BCUT2D eigenvalue weighted by Gasteiger charge is -2.35. The Morgan fingerprint density at radius 1 is 1.69 bits per heavy atom. The number of likely N-dealkylation sites (tertiary alicyclic amines) is 1. The van der Waals surface area contributed by atoms with E-state index in [0.717, 1.165) is 6.54 Å². The molecule has 1 aromatic rings. The third-order valence-electron chi connectivity index (χ3n) is 3.15. The monoisotopic (exact) mass is 259 g/mol. The summed E-state index contributed by atoms with van der Waals surface area (Å²) >= 11 is 7.41. The van der Waals surface area contributed by atoms with E-state index in [4.69, 9.17) is 11.6 Å². The first-order chi connectivity index (χ1) is 7.65. The number of rotatable bonds is 3. The summed E-state index contributed by atoms with van der Waals surface area (Å²) in [7, 11) is 4.39. The molecule has 2 rings (SSSR count). The molecule has 2 heterocycles. The number of piperidine rings is 1. The van der Waals surface area contributed by atoms with Crippen molar-refractivity contribution in [1.29, 1.82) is 0 Å². The average molecular weight is 260 g/mol. The molecule has 1 aliphatic heterocycles. The predicted octanol–water partition coefficient (Wildman–Crippen LogP) is 2.32. The van der Waals surface area contributed by atoms with Gasteiger partial charge in [0.2, 0.25) is 0 Å². The number of hydrogen-bond donors (Lipinski definition) is 0. The molecule has 1 aliphatic rings. The van der Waals surface area contributed by atoms with E-state index >= 15 is 0 Å². The number of nitrogens with zero attached hydrogens (tertiary/aromatic N) is 3. The van der Waals surface area contributed by atoms with Crippen LogP contribution in [0.25, 0.3) is 0 Å². The van der Waals surface area contributed by atoms with Gasteiger partial charge in [0, 0.05) is 30.2 Å². The molecule has 1 fully saturated rings. The smallest absolute Gasteiger partial charge is 0.183 e.